The first kappa shape index (κ1) is 9.77. The van der Waals surface area contributed by atoms with Crippen LogP contribution in [0.3, 0.4) is 0 Å². The molecule has 2 aromatic rings. The number of pyridine rings is 1. The highest BCUT2D eigenvalue weighted by atomic mass is 19.1. The molecule has 2 rings (SSSR count). The van der Waals surface area contributed by atoms with Crippen LogP contribution in [0.2, 0.25) is 0 Å². The van der Waals surface area contributed by atoms with Gasteiger partial charge in [0.25, 0.3) is 0 Å². The zero-order valence-corrected chi connectivity index (χ0v) is 7.95. The zero-order chi connectivity index (χ0) is 10.7. The Morgan fingerprint density at radius 3 is 2.27 bits per heavy atom. The molecule has 0 unspecified atom stereocenters. The Hall–Kier alpha value is -1.77. The molecule has 0 radical (unpaired) electrons. The number of rotatable bonds is 2. The summed E-state index contributed by atoms with van der Waals surface area (Å²) in [5.41, 5.74) is 1.71. The number of benzene rings is 1. The van der Waals surface area contributed by atoms with E-state index in [1.807, 2.05) is 0 Å². The lowest BCUT2D eigenvalue weighted by molar-refractivity contribution is 0.618. The van der Waals surface area contributed by atoms with Crippen molar-refractivity contribution in [1.29, 1.82) is 0 Å². The maximum absolute atomic E-state index is 12.8. The summed E-state index contributed by atoms with van der Waals surface area (Å²) in [7, 11) is 0. The predicted octanol–water partition coefficient (Wildman–Crippen LogP) is 2.95. The molecule has 0 atom stereocenters. The molecule has 0 N–H and O–H groups in total. The Kier molecular flexibility index (Phi) is 2.72. The van der Waals surface area contributed by atoms with Gasteiger partial charge in [-0.3, -0.25) is 4.98 Å². The van der Waals surface area contributed by atoms with Gasteiger partial charge in [-0.1, -0.05) is 12.1 Å². The molecule has 0 saturated carbocycles. The van der Waals surface area contributed by atoms with Crippen molar-refractivity contribution in [2.75, 3.05) is 0 Å². The van der Waals surface area contributed by atoms with Crippen molar-refractivity contribution in [3.05, 3.63) is 65.5 Å². The van der Waals surface area contributed by atoms with Crippen LogP contribution >= 0.6 is 0 Å². The summed E-state index contributed by atoms with van der Waals surface area (Å²) in [5, 5.41) is 0. The molecule has 0 aliphatic rings. The maximum atomic E-state index is 12.8. The largest absolute Gasteiger partial charge is 0.261 e. The van der Waals surface area contributed by atoms with Gasteiger partial charge in [0.1, 0.15) is 11.6 Å². The summed E-state index contributed by atoms with van der Waals surface area (Å²) in [6.07, 6.45) is 3.33. The van der Waals surface area contributed by atoms with Crippen molar-refractivity contribution in [3.8, 4) is 0 Å². The van der Waals surface area contributed by atoms with Crippen LogP contribution in [0.25, 0.3) is 0 Å². The van der Waals surface area contributed by atoms with Crippen LogP contribution in [0.4, 0.5) is 8.78 Å². The first-order valence-electron chi connectivity index (χ1n) is 4.58. The van der Waals surface area contributed by atoms with Gasteiger partial charge in [-0.2, -0.15) is 0 Å². The van der Waals surface area contributed by atoms with E-state index in [1.54, 1.807) is 18.3 Å². The first-order chi connectivity index (χ1) is 7.24. The van der Waals surface area contributed by atoms with Gasteiger partial charge in [0.05, 0.1) is 6.20 Å². The molecule has 0 fully saturated rings. The van der Waals surface area contributed by atoms with Gasteiger partial charge in [-0.15, -0.1) is 0 Å². The molecule has 76 valence electrons. The van der Waals surface area contributed by atoms with Gasteiger partial charge in [-0.25, -0.2) is 8.78 Å². The number of nitrogens with zero attached hydrogens (tertiary/aromatic N) is 1. The van der Waals surface area contributed by atoms with E-state index in [1.165, 1.54) is 18.2 Å². The molecule has 0 aliphatic heterocycles. The molecule has 0 aliphatic carbocycles. The summed E-state index contributed by atoms with van der Waals surface area (Å²) in [4.78, 5) is 3.75. The molecule has 1 aromatic carbocycles. The minimum Gasteiger partial charge on any atom is -0.261 e. The van der Waals surface area contributed by atoms with Crippen LogP contribution in [0, 0.1) is 11.6 Å². The van der Waals surface area contributed by atoms with Gasteiger partial charge in [0, 0.05) is 6.20 Å². The van der Waals surface area contributed by atoms with Crippen molar-refractivity contribution in [3.63, 3.8) is 0 Å². The van der Waals surface area contributed by atoms with E-state index in [0.717, 1.165) is 17.3 Å². The minimum absolute atomic E-state index is 0.267. The highest BCUT2D eigenvalue weighted by Gasteiger charge is 1.98. The van der Waals surface area contributed by atoms with Crippen LogP contribution in [0.15, 0.2) is 42.7 Å². The fraction of sp³-hybridized carbons (Fsp3) is 0.0833. The lowest BCUT2D eigenvalue weighted by atomic mass is 10.1. The molecule has 15 heavy (non-hydrogen) atoms. The smallest absolute Gasteiger partial charge is 0.141 e. The van der Waals surface area contributed by atoms with E-state index < -0.39 is 0 Å². The monoisotopic (exact) mass is 205 g/mol. The summed E-state index contributed by atoms with van der Waals surface area (Å²) in [6.45, 7) is 0. The fourth-order valence-electron chi connectivity index (χ4n) is 1.39. The summed E-state index contributed by atoms with van der Waals surface area (Å²) in [6, 6.07) is 7.57. The average molecular weight is 205 g/mol. The number of hydrogen-bond donors (Lipinski definition) is 0. The molecule has 1 heterocycles. The summed E-state index contributed by atoms with van der Waals surface area (Å²) in [5.74, 6) is -0.620. The zero-order valence-electron chi connectivity index (χ0n) is 7.95. The SMILES string of the molecule is Fc1ccc(Cc2cncc(F)c2)cc1. The third-order valence-electron chi connectivity index (χ3n) is 2.08. The third kappa shape index (κ3) is 2.59. The Bertz CT molecular complexity index is 451. The lowest BCUT2D eigenvalue weighted by Gasteiger charge is -2.01. The van der Waals surface area contributed by atoms with E-state index in [0.29, 0.717) is 6.42 Å². The molecule has 0 amide bonds. The highest BCUT2D eigenvalue weighted by Crippen LogP contribution is 2.10. The minimum atomic E-state index is -0.352. The number of halogens is 2. The standard InChI is InChI=1S/C12H9F2N/c13-11-3-1-9(2-4-11)5-10-6-12(14)8-15-7-10/h1-4,6-8H,5H2. The molecule has 1 nitrogen and oxygen atoms in total. The average Bonchev–Trinajstić information content (AvgIpc) is 2.22. The van der Waals surface area contributed by atoms with Gasteiger partial charge in [0.15, 0.2) is 0 Å². The second-order valence-electron chi connectivity index (χ2n) is 3.31. The van der Waals surface area contributed by atoms with E-state index in [9.17, 15) is 8.78 Å². The van der Waals surface area contributed by atoms with Crippen molar-refractivity contribution < 1.29 is 8.78 Å². The highest BCUT2D eigenvalue weighted by molar-refractivity contribution is 5.24. The van der Waals surface area contributed by atoms with Gasteiger partial charge >= 0.3 is 0 Å². The maximum Gasteiger partial charge on any atom is 0.141 e. The normalized spacial score (nSPS) is 10.3. The molecular weight excluding hydrogens is 196 g/mol. The van der Waals surface area contributed by atoms with Crippen molar-refractivity contribution in [2.45, 2.75) is 6.42 Å². The molecule has 1 aromatic heterocycles. The quantitative estimate of drug-likeness (QED) is 0.734. The van der Waals surface area contributed by atoms with Crippen molar-refractivity contribution in [1.82, 2.24) is 4.98 Å². The van der Waals surface area contributed by atoms with Crippen LogP contribution in [0.5, 0.6) is 0 Å². The van der Waals surface area contributed by atoms with Crippen LogP contribution in [-0.4, -0.2) is 4.98 Å². The van der Waals surface area contributed by atoms with E-state index in [-0.39, 0.29) is 11.6 Å². The van der Waals surface area contributed by atoms with E-state index in [4.69, 9.17) is 0 Å². The number of hydrogen-bond acceptors (Lipinski definition) is 1. The Morgan fingerprint density at radius 2 is 1.60 bits per heavy atom. The molecule has 3 heteroatoms. The number of aromatic nitrogens is 1. The first-order valence-corrected chi connectivity index (χ1v) is 4.58. The third-order valence-corrected chi connectivity index (χ3v) is 2.08. The van der Waals surface area contributed by atoms with Crippen LogP contribution in [0.1, 0.15) is 11.1 Å². The molecule has 0 spiro atoms. The Morgan fingerprint density at radius 1 is 0.867 bits per heavy atom. The van der Waals surface area contributed by atoms with Gasteiger partial charge in [0.2, 0.25) is 0 Å². The predicted molar refractivity (Wildman–Crippen MR) is 53.4 cm³/mol. The second-order valence-corrected chi connectivity index (χ2v) is 3.31. The Balaban J connectivity index is 2.18. The van der Waals surface area contributed by atoms with Crippen LogP contribution < -0.4 is 0 Å². The van der Waals surface area contributed by atoms with Crippen molar-refractivity contribution >= 4 is 0 Å². The van der Waals surface area contributed by atoms with Gasteiger partial charge < -0.3 is 0 Å². The lowest BCUT2D eigenvalue weighted by Crippen LogP contribution is -1.90. The summed E-state index contributed by atoms with van der Waals surface area (Å²) >= 11 is 0. The fourth-order valence-corrected chi connectivity index (χ4v) is 1.39. The summed E-state index contributed by atoms with van der Waals surface area (Å²) < 4.78 is 25.4. The molecule has 0 saturated heterocycles. The van der Waals surface area contributed by atoms with E-state index in [2.05, 4.69) is 4.98 Å². The van der Waals surface area contributed by atoms with Crippen molar-refractivity contribution in [2.24, 2.45) is 0 Å². The van der Waals surface area contributed by atoms with Crippen LogP contribution in [-0.2, 0) is 6.42 Å². The van der Waals surface area contributed by atoms with E-state index >= 15 is 0 Å². The molecule has 0 bridgehead atoms. The Labute approximate surface area is 86.4 Å². The second kappa shape index (κ2) is 4.17. The molecular formula is C12H9F2N. The topological polar surface area (TPSA) is 12.9 Å². The van der Waals surface area contributed by atoms with Gasteiger partial charge in [-0.05, 0) is 35.7 Å².